The fourth-order valence-electron chi connectivity index (χ4n) is 1.04. The third-order valence-corrected chi connectivity index (χ3v) is 2.52. The van der Waals surface area contributed by atoms with Crippen LogP contribution in [0.25, 0.3) is 0 Å². The number of rotatable bonds is 5. The quantitative estimate of drug-likeness (QED) is 0.832. The minimum atomic E-state index is 0.694. The number of anilines is 1. The fourth-order valence-corrected chi connectivity index (χ4v) is 1.58. The topological polar surface area (TPSA) is 21.3 Å². The highest BCUT2D eigenvalue weighted by atomic mass is 79.9. The van der Waals surface area contributed by atoms with Gasteiger partial charge in [-0.15, -0.1) is 0 Å². The molecule has 4 heteroatoms. The minimum absolute atomic E-state index is 0.694. The third kappa shape index (κ3) is 3.86. The molecule has 1 aromatic rings. The van der Waals surface area contributed by atoms with Gasteiger partial charge in [0.2, 0.25) is 0 Å². The first kappa shape index (κ1) is 11.8. The van der Waals surface area contributed by atoms with E-state index in [1.807, 2.05) is 25.1 Å². The van der Waals surface area contributed by atoms with E-state index in [-0.39, 0.29) is 0 Å². The number of halogens is 2. The molecule has 0 amide bonds. The zero-order chi connectivity index (χ0) is 10.4. The van der Waals surface area contributed by atoms with Crippen molar-refractivity contribution in [3.05, 3.63) is 27.7 Å². The molecule has 0 aliphatic heterocycles. The lowest BCUT2D eigenvalue weighted by molar-refractivity contribution is 0.158. The lowest BCUT2D eigenvalue weighted by Crippen LogP contribution is -2.09. The second-order valence-corrected chi connectivity index (χ2v) is 4.07. The van der Waals surface area contributed by atoms with E-state index >= 15 is 0 Å². The molecule has 0 radical (unpaired) electrons. The van der Waals surface area contributed by atoms with Crippen molar-refractivity contribution in [2.75, 3.05) is 25.1 Å². The smallest absolute Gasteiger partial charge is 0.0638 e. The molecule has 2 nitrogen and oxygen atoms in total. The van der Waals surface area contributed by atoms with Gasteiger partial charge in [-0.2, -0.15) is 0 Å². The van der Waals surface area contributed by atoms with Gasteiger partial charge in [-0.05, 0) is 25.1 Å². The summed E-state index contributed by atoms with van der Waals surface area (Å²) < 4.78 is 6.22. The Labute approximate surface area is 97.7 Å². The van der Waals surface area contributed by atoms with Crippen molar-refractivity contribution >= 4 is 33.2 Å². The van der Waals surface area contributed by atoms with Crippen LogP contribution in [0.2, 0.25) is 5.02 Å². The van der Waals surface area contributed by atoms with Crippen LogP contribution in [0.4, 0.5) is 5.69 Å². The molecular weight excluding hydrogens is 265 g/mol. The summed E-state index contributed by atoms with van der Waals surface area (Å²) in [5, 5.41) is 3.93. The van der Waals surface area contributed by atoms with Crippen LogP contribution in [0.5, 0.6) is 0 Å². The molecule has 0 aliphatic carbocycles. The SMILES string of the molecule is CCOCCNc1cc(Br)ccc1Cl. The highest BCUT2D eigenvalue weighted by molar-refractivity contribution is 9.10. The highest BCUT2D eigenvalue weighted by Crippen LogP contribution is 2.25. The van der Waals surface area contributed by atoms with E-state index in [0.29, 0.717) is 6.61 Å². The predicted molar refractivity (Wildman–Crippen MR) is 64.1 cm³/mol. The predicted octanol–water partition coefficient (Wildman–Crippen LogP) is 3.55. The molecule has 0 heterocycles. The number of ether oxygens (including phenoxy) is 1. The van der Waals surface area contributed by atoms with Gasteiger partial charge in [0.1, 0.15) is 0 Å². The molecule has 1 N–H and O–H groups in total. The van der Waals surface area contributed by atoms with E-state index in [1.165, 1.54) is 0 Å². The normalized spacial score (nSPS) is 10.2. The highest BCUT2D eigenvalue weighted by Gasteiger charge is 1.99. The van der Waals surface area contributed by atoms with E-state index < -0.39 is 0 Å². The molecule has 0 unspecified atom stereocenters. The number of hydrogen-bond donors (Lipinski definition) is 1. The van der Waals surface area contributed by atoms with Gasteiger partial charge < -0.3 is 10.1 Å². The second kappa shape index (κ2) is 6.27. The van der Waals surface area contributed by atoms with Gasteiger partial charge >= 0.3 is 0 Å². The Hall–Kier alpha value is -0.250. The Morgan fingerprint density at radius 2 is 2.29 bits per heavy atom. The van der Waals surface area contributed by atoms with Gasteiger partial charge in [-0.25, -0.2) is 0 Å². The Bertz CT molecular complexity index is 293. The van der Waals surface area contributed by atoms with Gasteiger partial charge in [0.15, 0.2) is 0 Å². The van der Waals surface area contributed by atoms with Crippen LogP contribution in [0, 0.1) is 0 Å². The Kier molecular flexibility index (Phi) is 5.30. The average molecular weight is 279 g/mol. The summed E-state index contributed by atoms with van der Waals surface area (Å²) in [4.78, 5) is 0. The van der Waals surface area contributed by atoms with Gasteiger partial charge in [-0.3, -0.25) is 0 Å². The molecule has 0 atom stereocenters. The van der Waals surface area contributed by atoms with Crippen LogP contribution >= 0.6 is 27.5 Å². The Balaban J connectivity index is 2.45. The van der Waals surface area contributed by atoms with Crippen molar-refractivity contribution in [3.8, 4) is 0 Å². The summed E-state index contributed by atoms with van der Waals surface area (Å²) in [6.45, 7) is 4.18. The average Bonchev–Trinajstić information content (AvgIpc) is 2.18. The second-order valence-electron chi connectivity index (χ2n) is 2.75. The first-order valence-electron chi connectivity index (χ1n) is 4.50. The van der Waals surface area contributed by atoms with Crippen molar-refractivity contribution in [1.29, 1.82) is 0 Å². The molecular formula is C10H13BrClNO. The van der Waals surface area contributed by atoms with Crippen LogP contribution in [0.15, 0.2) is 22.7 Å². The summed E-state index contributed by atoms with van der Waals surface area (Å²) in [7, 11) is 0. The third-order valence-electron chi connectivity index (χ3n) is 1.69. The molecule has 0 fully saturated rings. The zero-order valence-corrected chi connectivity index (χ0v) is 10.4. The monoisotopic (exact) mass is 277 g/mol. The van der Waals surface area contributed by atoms with Crippen LogP contribution in [-0.4, -0.2) is 19.8 Å². The molecule has 0 saturated heterocycles. The van der Waals surface area contributed by atoms with E-state index in [2.05, 4.69) is 21.2 Å². The summed E-state index contributed by atoms with van der Waals surface area (Å²) >= 11 is 9.37. The van der Waals surface area contributed by atoms with Crippen molar-refractivity contribution < 1.29 is 4.74 Å². The van der Waals surface area contributed by atoms with Gasteiger partial charge in [0, 0.05) is 17.6 Å². The van der Waals surface area contributed by atoms with E-state index in [9.17, 15) is 0 Å². The number of benzene rings is 1. The van der Waals surface area contributed by atoms with Crippen molar-refractivity contribution in [2.45, 2.75) is 6.92 Å². The van der Waals surface area contributed by atoms with Crippen LogP contribution in [-0.2, 0) is 4.74 Å². The molecule has 14 heavy (non-hydrogen) atoms. The van der Waals surface area contributed by atoms with Gasteiger partial charge in [0.05, 0.1) is 17.3 Å². The van der Waals surface area contributed by atoms with Gasteiger partial charge in [0.25, 0.3) is 0 Å². The molecule has 0 aromatic heterocycles. The standard InChI is InChI=1S/C10H13BrClNO/c1-2-14-6-5-13-10-7-8(11)3-4-9(10)12/h3-4,7,13H,2,5-6H2,1H3. The molecule has 1 aromatic carbocycles. The number of hydrogen-bond acceptors (Lipinski definition) is 2. The van der Waals surface area contributed by atoms with E-state index in [0.717, 1.165) is 28.3 Å². The summed E-state index contributed by atoms with van der Waals surface area (Å²) in [6, 6.07) is 5.72. The number of nitrogens with one attached hydrogen (secondary N) is 1. The molecule has 1 rings (SSSR count). The van der Waals surface area contributed by atoms with E-state index in [4.69, 9.17) is 16.3 Å². The Morgan fingerprint density at radius 1 is 1.50 bits per heavy atom. The fraction of sp³-hybridized carbons (Fsp3) is 0.400. The maximum Gasteiger partial charge on any atom is 0.0638 e. The summed E-state index contributed by atoms with van der Waals surface area (Å²) in [5.41, 5.74) is 0.931. The van der Waals surface area contributed by atoms with Crippen LogP contribution in [0.1, 0.15) is 6.92 Å². The largest absolute Gasteiger partial charge is 0.381 e. The van der Waals surface area contributed by atoms with Crippen LogP contribution < -0.4 is 5.32 Å². The lowest BCUT2D eigenvalue weighted by atomic mass is 10.3. The Morgan fingerprint density at radius 3 is 3.00 bits per heavy atom. The summed E-state index contributed by atoms with van der Waals surface area (Å²) in [6.07, 6.45) is 0. The lowest BCUT2D eigenvalue weighted by Gasteiger charge is -2.08. The zero-order valence-electron chi connectivity index (χ0n) is 8.02. The van der Waals surface area contributed by atoms with E-state index in [1.54, 1.807) is 0 Å². The summed E-state index contributed by atoms with van der Waals surface area (Å²) in [5.74, 6) is 0. The van der Waals surface area contributed by atoms with Crippen molar-refractivity contribution in [2.24, 2.45) is 0 Å². The van der Waals surface area contributed by atoms with Gasteiger partial charge in [-0.1, -0.05) is 27.5 Å². The molecule has 0 bridgehead atoms. The first-order chi connectivity index (χ1) is 6.74. The first-order valence-corrected chi connectivity index (χ1v) is 5.67. The molecule has 0 saturated carbocycles. The molecule has 0 aliphatic rings. The maximum atomic E-state index is 5.98. The maximum absolute atomic E-state index is 5.98. The molecule has 0 spiro atoms. The van der Waals surface area contributed by atoms with Crippen LogP contribution in [0.3, 0.4) is 0 Å². The van der Waals surface area contributed by atoms with Crippen molar-refractivity contribution in [1.82, 2.24) is 0 Å². The minimum Gasteiger partial charge on any atom is -0.381 e. The molecule has 78 valence electrons. The van der Waals surface area contributed by atoms with Crippen molar-refractivity contribution in [3.63, 3.8) is 0 Å².